The first-order chi connectivity index (χ1) is 5.57. The van der Waals surface area contributed by atoms with E-state index in [9.17, 15) is 0 Å². The van der Waals surface area contributed by atoms with E-state index >= 15 is 0 Å². The van der Waals surface area contributed by atoms with Crippen LogP contribution >= 0.6 is 0 Å². The topological polar surface area (TPSA) is 0 Å². The molecule has 0 bridgehead atoms. The number of aryl methyl sites for hydroxylation is 2. The molecule has 1 aromatic carbocycles. The number of hydrogen-bond donors (Lipinski definition) is 0. The van der Waals surface area contributed by atoms with E-state index in [-0.39, 0.29) is 0 Å². The molecule has 0 nitrogen and oxygen atoms in total. The van der Waals surface area contributed by atoms with E-state index in [4.69, 9.17) is 6.42 Å². The lowest BCUT2D eigenvalue weighted by Gasteiger charge is -2.09. The minimum Gasteiger partial charge on any atom is -0.115 e. The molecule has 0 heterocycles. The molecule has 0 aliphatic carbocycles. The molecular weight excluding hydrogens is 144 g/mol. The summed E-state index contributed by atoms with van der Waals surface area (Å²) in [5.41, 5.74) is 5.75. The molecule has 0 aliphatic heterocycles. The van der Waals surface area contributed by atoms with Gasteiger partial charge in [0, 0.05) is 5.56 Å². The average Bonchev–Trinajstić information content (AvgIpc) is 2.01. The molecule has 0 N–H and O–H groups in total. The van der Waals surface area contributed by atoms with Crippen molar-refractivity contribution in [3.05, 3.63) is 33.9 Å². The zero-order valence-corrected chi connectivity index (χ0v) is 8.08. The third-order valence-corrected chi connectivity index (χ3v) is 2.39. The van der Waals surface area contributed by atoms with Crippen LogP contribution in [0.5, 0.6) is 0 Å². The fourth-order valence-electron chi connectivity index (χ4n) is 1.40. The molecule has 1 aromatic rings. The highest BCUT2D eigenvalue weighted by Crippen LogP contribution is 2.19. The summed E-state index contributed by atoms with van der Waals surface area (Å²) in [7, 11) is 0. The summed E-state index contributed by atoms with van der Waals surface area (Å²) >= 11 is 0. The highest BCUT2D eigenvalue weighted by Gasteiger charge is 2.05. The van der Waals surface area contributed by atoms with Crippen molar-refractivity contribution in [2.45, 2.75) is 27.7 Å². The Balaban J connectivity index is 3.54. The first-order valence-electron chi connectivity index (χ1n) is 4.04. The van der Waals surface area contributed by atoms with Gasteiger partial charge in [0.2, 0.25) is 0 Å². The first-order valence-corrected chi connectivity index (χ1v) is 4.04. The Morgan fingerprint density at radius 1 is 1.00 bits per heavy atom. The van der Waals surface area contributed by atoms with Gasteiger partial charge < -0.3 is 0 Å². The molecule has 0 saturated heterocycles. The maximum Gasteiger partial charge on any atom is 0.0310 e. The van der Waals surface area contributed by atoms with E-state index in [0.29, 0.717) is 0 Å². The van der Waals surface area contributed by atoms with Gasteiger partial charge in [-0.1, -0.05) is 5.92 Å². The van der Waals surface area contributed by atoms with Crippen molar-refractivity contribution in [3.63, 3.8) is 0 Å². The van der Waals surface area contributed by atoms with E-state index in [2.05, 4.69) is 32.8 Å². The predicted molar refractivity (Wildman–Crippen MR) is 52.2 cm³/mol. The van der Waals surface area contributed by atoms with Crippen LogP contribution in [0.4, 0.5) is 0 Å². The zero-order valence-electron chi connectivity index (χ0n) is 8.08. The fraction of sp³-hybridized carbons (Fsp3) is 0.333. The SMILES string of the molecule is C#Cc1c(C)[c]c(C)c(C)c1C. The largest absolute Gasteiger partial charge is 0.115 e. The lowest BCUT2D eigenvalue weighted by molar-refractivity contribution is 1.21. The molecule has 12 heavy (non-hydrogen) atoms. The van der Waals surface area contributed by atoms with Gasteiger partial charge in [0.05, 0.1) is 0 Å². The summed E-state index contributed by atoms with van der Waals surface area (Å²) in [6, 6.07) is 3.26. The predicted octanol–water partition coefficient (Wildman–Crippen LogP) is 2.70. The number of rotatable bonds is 0. The molecular formula is C12H13. The number of hydrogen-bond acceptors (Lipinski definition) is 0. The van der Waals surface area contributed by atoms with E-state index < -0.39 is 0 Å². The van der Waals surface area contributed by atoms with E-state index in [1.165, 1.54) is 16.7 Å². The molecule has 1 rings (SSSR count). The molecule has 0 unspecified atom stereocenters. The van der Waals surface area contributed by atoms with E-state index in [0.717, 1.165) is 11.1 Å². The zero-order chi connectivity index (χ0) is 9.30. The minimum atomic E-state index is 0.998. The van der Waals surface area contributed by atoms with Crippen molar-refractivity contribution in [2.24, 2.45) is 0 Å². The van der Waals surface area contributed by atoms with Crippen LogP contribution in [0.15, 0.2) is 0 Å². The van der Waals surface area contributed by atoms with Crippen LogP contribution in [0, 0.1) is 46.1 Å². The number of terminal acetylenes is 1. The summed E-state index contributed by atoms with van der Waals surface area (Å²) in [4.78, 5) is 0. The van der Waals surface area contributed by atoms with Gasteiger partial charge in [-0.15, -0.1) is 6.42 Å². The van der Waals surface area contributed by atoms with Gasteiger partial charge in [0.15, 0.2) is 0 Å². The maximum atomic E-state index is 5.40. The Labute approximate surface area is 74.6 Å². The quantitative estimate of drug-likeness (QED) is 0.508. The molecule has 1 radical (unpaired) electrons. The van der Waals surface area contributed by atoms with Crippen LogP contribution in [-0.2, 0) is 0 Å². The summed E-state index contributed by atoms with van der Waals surface area (Å²) in [5.74, 6) is 2.70. The van der Waals surface area contributed by atoms with Crippen LogP contribution in [-0.4, -0.2) is 0 Å². The lowest BCUT2D eigenvalue weighted by Crippen LogP contribution is -1.94. The standard InChI is InChI=1S/C12H13/c1-6-12-9(3)7-8(2)10(4)11(12)5/h1H,2-5H3. The highest BCUT2D eigenvalue weighted by atomic mass is 14.1. The molecule has 0 aromatic heterocycles. The van der Waals surface area contributed by atoms with Crippen molar-refractivity contribution in [1.82, 2.24) is 0 Å². The summed E-state index contributed by atoms with van der Waals surface area (Å²) in [6.45, 7) is 8.23. The maximum absolute atomic E-state index is 5.40. The van der Waals surface area contributed by atoms with Crippen LogP contribution in [0.25, 0.3) is 0 Å². The third kappa shape index (κ3) is 1.23. The Hall–Kier alpha value is -1.22. The third-order valence-electron chi connectivity index (χ3n) is 2.39. The Bertz CT molecular complexity index is 351. The molecule has 0 amide bonds. The van der Waals surface area contributed by atoms with Gasteiger partial charge >= 0.3 is 0 Å². The van der Waals surface area contributed by atoms with Gasteiger partial charge in [-0.05, 0) is 56.0 Å². The molecule has 0 heteroatoms. The highest BCUT2D eigenvalue weighted by molar-refractivity contribution is 5.50. The van der Waals surface area contributed by atoms with Crippen LogP contribution < -0.4 is 0 Å². The molecule has 61 valence electrons. The van der Waals surface area contributed by atoms with Crippen molar-refractivity contribution in [3.8, 4) is 12.3 Å². The monoisotopic (exact) mass is 157 g/mol. The van der Waals surface area contributed by atoms with Crippen LogP contribution in [0.3, 0.4) is 0 Å². The fourth-order valence-corrected chi connectivity index (χ4v) is 1.40. The Kier molecular flexibility index (Phi) is 2.24. The second-order valence-corrected chi connectivity index (χ2v) is 3.14. The molecule has 0 saturated carbocycles. The first kappa shape index (κ1) is 8.87. The van der Waals surface area contributed by atoms with Gasteiger partial charge in [0.1, 0.15) is 0 Å². The van der Waals surface area contributed by atoms with Gasteiger partial charge in [-0.2, -0.15) is 0 Å². The number of benzene rings is 1. The van der Waals surface area contributed by atoms with Crippen molar-refractivity contribution < 1.29 is 0 Å². The summed E-state index contributed by atoms with van der Waals surface area (Å²) in [6.07, 6.45) is 5.40. The molecule has 0 fully saturated rings. The van der Waals surface area contributed by atoms with Crippen molar-refractivity contribution in [2.75, 3.05) is 0 Å². The summed E-state index contributed by atoms with van der Waals surface area (Å²) in [5, 5.41) is 0. The Morgan fingerprint density at radius 2 is 1.58 bits per heavy atom. The Morgan fingerprint density at radius 3 is 2.08 bits per heavy atom. The second-order valence-electron chi connectivity index (χ2n) is 3.14. The lowest BCUT2D eigenvalue weighted by atomic mass is 9.95. The van der Waals surface area contributed by atoms with Gasteiger partial charge in [-0.3, -0.25) is 0 Å². The van der Waals surface area contributed by atoms with Gasteiger partial charge in [-0.25, -0.2) is 0 Å². The normalized spacial score (nSPS) is 9.58. The second kappa shape index (κ2) is 3.03. The van der Waals surface area contributed by atoms with Crippen molar-refractivity contribution >= 4 is 0 Å². The molecule has 0 aliphatic rings. The summed E-state index contributed by atoms with van der Waals surface area (Å²) < 4.78 is 0. The van der Waals surface area contributed by atoms with Crippen LogP contribution in [0.1, 0.15) is 27.8 Å². The van der Waals surface area contributed by atoms with E-state index in [1.54, 1.807) is 0 Å². The average molecular weight is 157 g/mol. The van der Waals surface area contributed by atoms with Crippen molar-refractivity contribution in [1.29, 1.82) is 0 Å². The van der Waals surface area contributed by atoms with Gasteiger partial charge in [0.25, 0.3) is 0 Å². The molecule has 0 spiro atoms. The minimum absolute atomic E-state index is 0.998. The van der Waals surface area contributed by atoms with E-state index in [1.807, 2.05) is 6.92 Å². The van der Waals surface area contributed by atoms with Crippen LogP contribution in [0.2, 0.25) is 0 Å². The molecule has 0 atom stereocenters. The smallest absolute Gasteiger partial charge is 0.0310 e.